The Morgan fingerprint density at radius 1 is 1.00 bits per heavy atom. The minimum absolute atomic E-state index is 0.200. The van der Waals surface area contributed by atoms with Gasteiger partial charge >= 0.3 is 0 Å². The Morgan fingerprint density at radius 2 is 1.61 bits per heavy atom. The lowest BCUT2D eigenvalue weighted by Crippen LogP contribution is -3.13. The van der Waals surface area contributed by atoms with E-state index in [-0.39, 0.29) is 11.7 Å². The summed E-state index contributed by atoms with van der Waals surface area (Å²) in [6, 6.07) is 25.9. The highest BCUT2D eigenvalue weighted by Crippen LogP contribution is 2.36. The van der Waals surface area contributed by atoms with Gasteiger partial charge in [0.05, 0.1) is 24.5 Å². The highest BCUT2D eigenvalue weighted by Gasteiger charge is 2.39. The van der Waals surface area contributed by atoms with Crippen molar-refractivity contribution >= 4 is 27.7 Å². The standard InChI is InChI=1S/C30H31FN2O2S.CH3Br/c1-2-22-17-18-33(21-28(22)36-27-15-13-25(31)14-16-27)20-26-19-32-29(35-26)30(34,23-9-5-3-6-10-23)24-11-7-4-8-12-24;1-2/h3-16,19,22,28,34H,2,17-18,20-21H2,1H3;1H3/p+1. The molecule has 2 N–H and O–H groups in total. The third-order valence-corrected chi connectivity index (χ3v) is 8.58. The van der Waals surface area contributed by atoms with Crippen molar-refractivity contribution in [2.75, 3.05) is 18.9 Å². The van der Waals surface area contributed by atoms with Crippen molar-refractivity contribution < 1.29 is 18.8 Å². The summed E-state index contributed by atoms with van der Waals surface area (Å²) < 4.78 is 19.6. The van der Waals surface area contributed by atoms with Gasteiger partial charge < -0.3 is 14.4 Å². The van der Waals surface area contributed by atoms with Crippen LogP contribution in [0.3, 0.4) is 0 Å². The number of aromatic nitrogens is 1. The zero-order chi connectivity index (χ0) is 27.0. The van der Waals surface area contributed by atoms with Gasteiger partial charge in [-0.3, -0.25) is 0 Å². The van der Waals surface area contributed by atoms with Crippen molar-refractivity contribution in [2.45, 2.75) is 42.1 Å². The number of thioether (sulfide) groups is 1. The monoisotopic (exact) mass is 597 g/mol. The molecule has 4 aromatic rings. The first-order valence-corrected chi connectivity index (χ1v) is 15.4. The van der Waals surface area contributed by atoms with E-state index in [0.717, 1.165) is 47.7 Å². The number of quaternary nitrogens is 1. The first-order valence-electron chi connectivity index (χ1n) is 13.0. The summed E-state index contributed by atoms with van der Waals surface area (Å²) in [4.78, 5) is 7.11. The molecule has 0 saturated carbocycles. The van der Waals surface area contributed by atoms with E-state index in [2.05, 4.69) is 27.8 Å². The highest BCUT2D eigenvalue weighted by molar-refractivity contribution is 9.08. The Kier molecular flexibility index (Phi) is 10.2. The molecule has 0 radical (unpaired) electrons. The molecule has 1 aliphatic rings. The van der Waals surface area contributed by atoms with Crippen molar-refractivity contribution in [3.63, 3.8) is 0 Å². The highest BCUT2D eigenvalue weighted by atomic mass is 79.9. The molecule has 3 atom stereocenters. The van der Waals surface area contributed by atoms with Crippen LogP contribution in [-0.2, 0) is 12.1 Å². The topological polar surface area (TPSA) is 50.7 Å². The molecule has 2 heterocycles. The Hall–Kier alpha value is -2.45. The molecule has 3 aromatic carbocycles. The number of hydrogen-bond donors (Lipinski definition) is 2. The maximum Gasteiger partial charge on any atom is 0.236 e. The molecule has 7 heteroatoms. The zero-order valence-electron chi connectivity index (χ0n) is 21.8. The molecule has 1 aliphatic heterocycles. The number of aliphatic hydroxyl groups is 1. The van der Waals surface area contributed by atoms with E-state index in [4.69, 9.17) is 4.42 Å². The normalized spacial score (nSPS) is 19.4. The molecular formula is C31H35BrFN2O2S+. The molecule has 1 fully saturated rings. The van der Waals surface area contributed by atoms with Gasteiger partial charge in [0.25, 0.3) is 0 Å². The Bertz CT molecular complexity index is 1210. The Morgan fingerprint density at radius 3 is 2.18 bits per heavy atom. The second-order valence-corrected chi connectivity index (χ2v) is 10.8. The van der Waals surface area contributed by atoms with Crippen LogP contribution in [0.1, 0.15) is 42.5 Å². The smallest absolute Gasteiger partial charge is 0.236 e. The summed E-state index contributed by atoms with van der Waals surface area (Å²) >= 11 is 4.79. The molecule has 1 aromatic heterocycles. The van der Waals surface area contributed by atoms with Gasteiger partial charge in [0, 0.05) is 11.3 Å². The van der Waals surface area contributed by atoms with E-state index in [0.29, 0.717) is 17.7 Å². The average molecular weight is 599 g/mol. The second-order valence-electron chi connectivity index (χ2n) is 9.52. The lowest BCUT2D eigenvalue weighted by Gasteiger charge is -2.35. The van der Waals surface area contributed by atoms with Crippen molar-refractivity contribution in [3.8, 4) is 0 Å². The average Bonchev–Trinajstić information content (AvgIpc) is 3.45. The van der Waals surface area contributed by atoms with Crippen LogP contribution in [-0.4, -0.2) is 34.3 Å². The number of nitrogens with one attached hydrogen (secondary N) is 1. The minimum atomic E-state index is -1.47. The summed E-state index contributed by atoms with van der Waals surface area (Å²) in [6.07, 6.45) is 4.04. The van der Waals surface area contributed by atoms with E-state index < -0.39 is 5.60 Å². The van der Waals surface area contributed by atoms with E-state index in [1.54, 1.807) is 6.20 Å². The van der Waals surface area contributed by atoms with Crippen LogP contribution in [0.25, 0.3) is 0 Å². The predicted octanol–water partition coefficient (Wildman–Crippen LogP) is 6.08. The summed E-state index contributed by atoms with van der Waals surface area (Å²) in [6.45, 7) is 5.03. The number of rotatable bonds is 8. The largest absolute Gasteiger partial charge is 0.436 e. The van der Waals surface area contributed by atoms with Gasteiger partial charge in [-0.15, -0.1) is 11.8 Å². The van der Waals surface area contributed by atoms with E-state index >= 15 is 0 Å². The molecule has 3 unspecified atom stereocenters. The molecular weight excluding hydrogens is 563 g/mol. The lowest BCUT2D eigenvalue weighted by atomic mass is 9.86. The van der Waals surface area contributed by atoms with Crippen LogP contribution in [0, 0.1) is 11.7 Å². The molecule has 200 valence electrons. The third kappa shape index (κ3) is 6.57. The number of benzene rings is 3. The van der Waals surface area contributed by atoms with Gasteiger partial charge in [-0.1, -0.05) is 89.9 Å². The number of nitrogens with zero attached hydrogens (tertiary/aromatic N) is 1. The van der Waals surface area contributed by atoms with Crippen LogP contribution in [0.4, 0.5) is 4.39 Å². The van der Waals surface area contributed by atoms with Crippen molar-refractivity contribution in [1.82, 2.24) is 4.98 Å². The summed E-state index contributed by atoms with van der Waals surface area (Å²) in [7, 11) is 0. The minimum Gasteiger partial charge on any atom is -0.436 e. The fourth-order valence-electron chi connectivity index (χ4n) is 5.16. The maximum absolute atomic E-state index is 13.4. The van der Waals surface area contributed by atoms with Gasteiger partial charge in [0.15, 0.2) is 11.4 Å². The maximum atomic E-state index is 13.4. The number of hydrogen-bond acceptors (Lipinski definition) is 4. The zero-order valence-corrected chi connectivity index (χ0v) is 24.2. The number of halogens is 2. The third-order valence-electron chi connectivity index (χ3n) is 7.18. The van der Waals surface area contributed by atoms with Gasteiger partial charge in [-0.2, -0.15) is 0 Å². The van der Waals surface area contributed by atoms with Crippen LogP contribution in [0.2, 0.25) is 0 Å². The van der Waals surface area contributed by atoms with Gasteiger partial charge in [-0.25, -0.2) is 9.37 Å². The molecule has 38 heavy (non-hydrogen) atoms. The predicted molar refractivity (Wildman–Crippen MR) is 155 cm³/mol. The van der Waals surface area contributed by atoms with Crippen molar-refractivity contribution in [3.05, 3.63) is 120 Å². The van der Waals surface area contributed by atoms with Crippen LogP contribution < -0.4 is 4.90 Å². The fraction of sp³-hybridized carbons (Fsp3) is 0.323. The molecule has 0 spiro atoms. The van der Waals surface area contributed by atoms with Crippen LogP contribution >= 0.6 is 27.7 Å². The summed E-state index contributed by atoms with van der Waals surface area (Å²) in [5.74, 6) is 3.30. The lowest BCUT2D eigenvalue weighted by molar-refractivity contribution is -0.919. The fourth-order valence-corrected chi connectivity index (χ4v) is 6.64. The van der Waals surface area contributed by atoms with Gasteiger partial charge in [0.1, 0.15) is 12.4 Å². The summed E-state index contributed by atoms with van der Waals surface area (Å²) in [5, 5.41) is 12.4. The quantitative estimate of drug-likeness (QED) is 0.241. The molecule has 5 rings (SSSR count). The molecule has 0 bridgehead atoms. The van der Waals surface area contributed by atoms with E-state index in [1.165, 1.54) is 17.0 Å². The number of likely N-dealkylation sites (tertiary alicyclic amines) is 1. The van der Waals surface area contributed by atoms with Gasteiger partial charge in [-0.05, 0) is 47.1 Å². The van der Waals surface area contributed by atoms with E-state index in [9.17, 15) is 9.50 Å². The van der Waals surface area contributed by atoms with E-state index in [1.807, 2.05) is 90.4 Å². The van der Waals surface area contributed by atoms with Crippen LogP contribution in [0.15, 0.2) is 100 Å². The SMILES string of the molecule is CBr.CCC1CC[NH+](Cc2cnc(C(O)(c3ccccc3)c3ccccc3)o2)CC1Sc1ccc(F)cc1. The molecule has 1 saturated heterocycles. The first kappa shape index (κ1) is 28.6. The Balaban J connectivity index is 0.00000164. The Labute approximate surface area is 237 Å². The number of alkyl halides is 1. The second kappa shape index (κ2) is 13.6. The molecule has 0 amide bonds. The molecule has 4 nitrogen and oxygen atoms in total. The number of piperidine rings is 1. The summed E-state index contributed by atoms with van der Waals surface area (Å²) in [5.41, 5.74) is -0.0281. The number of oxazole rings is 1. The van der Waals surface area contributed by atoms with Crippen molar-refractivity contribution in [2.24, 2.45) is 5.92 Å². The van der Waals surface area contributed by atoms with Crippen LogP contribution in [0.5, 0.6) is 0 Å². The molecule has 0 aliphatic carbocycles. The van der Waals surface area contributed by atoms with Gasteiger partial charge in [0.2, 0.25) is 5.89 Å². The first-order chi connectivity index (χ1) is 18.6. The van der Waals surface area contributed by atoms with Crippen molar-refractivity contribution in [1.29, 1.82) is 0 Å².